The lowest BCUT2D eigenvalue weighted by molar-refractivity contribution is -0.241. The molecular formula is C9H5F5N2O4S2. The van der Waals surface area contributed by atoms with Crippen molar-refractivity contribution in [1.29, 1.82) is 5.26 Å². The maximum atomic E-state index is 12.8. The van der Waals surface area contributed by atoms with Gasteiger partial charge in [-0.3, -0.25) is 0 Å². The van der Waals surface area contributed by atoms with Crippen LogP contribution in [0.2, 0.25) is 0 Å². The van der Waals surface area contributed by atoms with E-state index in [4.69, 9.17) is 5.26 Å². The first-order valence-corrected chi connectivity index (χ1v) is 7.94. The van der Waals surface area contributed by atoms with Gasteiger partial charge in [-0.1, -0.05) is 4.13 Å². The van der Waals surface area contributed by atoms with Crippen molar-refractivity contribution in [3.8, 4) is 6.07 Å². The number of hydrogen-bond donors (Lipinski definition) is 1. The van der Waals surface area contributed by atoms with Crippen LogP contribution >= 0.6 is 0 Å². The van der Waals surface area contributed by atoms with Gasteiger partial charge in [0.25, 0.3) is 10.0 Å². The summed E-state index contributed by atoms with van der Waals surface area (Å²) in [4.78, 5) is -0.909. The first kappa shape index (κ1) is 18.3. The summed E-state index contributed by atoms with van der Waals surface area (Å²) in [6.45, 7) is 0. The van der Waals surface area contributed by atoms with Gasteiger partial charge in [0.1, 0.15) is 0 Å². The fraction of sp³-hybridized carbons (Fsp3) is 0.222. The SMILES string of the molecule is N#Cc1ccc(S(=O)(=O)NS(=O)(=O)C(F)(F)C(F)(F)F)cc1. The van der Waals surface area contributed by atoms with Crippen LogP contribution in [0.4, 0.5) is 22.0 Å². The van der Waals surface area contributed by atoms with E-state index in [9.17, 15) is 38.8 Å². The first-order valence-electron chi connectivity index (χ1n) is 4.97. The summed E-state index contributed by atoms with van der Waals surface area (Å²) in [5.41, 5.74) is -0.0394. The van der Waals surface area contributed by atoms with Gasteiger partial charge in [-0.05, 0) is 24.3 Å². The number of nitriles is 1. The summed E-state index contributed by atoms with van der Waals surface area (Å²) < 4.78 is 107. The lowest BCUT2D eigenvalue weighted by atomic mass is 10.2. The van der Waals surface area contributed by atoms with Gasteiger partial charge in [-0.2, -0.15) is 27.2 Å². The molecule has 1 N–H and O–H groups in total. The largest absolute Gasteiger partial charge is 0.471 e. The molecule has 0 fully saturated rings. The fourth-order valence-electron chi connectivity index (χ4n) is 1.11. The lowest BCUT2D eigenvalue weighted by Gasteiger charge is -2.19. The molecule has 0 amide bonds. The molecule has 0 aliphatic carbocycles. The molecule has 0 atom stereocenters. The Hall–Kier alpha value is -1.78. The highest BCUT2D eigenvalue weighted by molar-refractivity contribution is 8.05. The highest BCUT2D eigenvalue weighted by Crippen LogP contribution is 2.39. The summed E-state index contributed by atoms with van der Waals surface area (Å²) in [5, 5.41) is 2.17. The number of alkyl halides is 5. The molecule has 0 saturated carbocycles. The third-order valence-electron chi connectivity index (χ3n) is 2.18. The minimum atomic E-state index is -6.60. The van der Waals surface area contributed by atoms with Crippen molar-refractivity contribution < 1.29 is 38.8 Å². The molecule has 0 aliphatic heterocycles. The van der Waals surface area contributed by atoms with E-state index in [1.807, 2.05) is 0 Å². The Kier molecular flexibility index (Phi) is 4.52. The summed E-state index contributed by atoms with van der Waals surface area (Å²) in [5.74, 6) is 0. The Morgan fingerprint density at radius 2 is 1.41 bits per heavy atom. The Labute approximate surface area is 121 Å². The van der Waals surface area contributed by atoms with Crippen LogP contribution in [-0.4, -0.2) is 28.3 Å². The standard InChI is InChI=1S/C9H5F5N2O4S2/c10-8(11,12)9(13,14)22(19,20)16-21(17,18)7-3-1-6(5-15)2-4-7/h1-4,16H. The highest BCUT2D eigenvalue weighted by atomic mass is 32.3. The van der Waals surface area contributed by atoms with Gasteiger partial charge in [0, 0.05) is 0 Å². The minimum absolute atomic E-state index is 0.0394. The van der Waals surface area contributed by atoms with Crippen LogP contribution in [0.1, 0.15) is 5.56 Å². The van der Waals surface area contributed by atoms with Gasteiger partial charge in [-0.25, -0.2) is 16.8 Å². The number of hydrogen-bond acceptors (Lipinski definition) is 5. The predicted octanol–water partition coefficient (Wildman–Crippen LogP) is 1.32. The van der Waals surface area contributed by atoms with Crippen molar-refractivity contribution in [3.63, 3.8) is 0 Å². The molecule has 0 heterocycles. The van der Waals surface area contributed by atoms with E-state index < -0.39 is 36.4 Å². The molecule has 1 aromatic carbocycles. The maximum Gasteiger partial charge on any atom is 0.471 e. The molecule has 6 nitrogen and oxygen atoms in total. The van der Waals surface area contributed by atoms with Gasteiger partial charge in [0.15, 0.2) is 0 Å². The average molecular weight is 364 g/mol. The van der Waals surface area contributed by atoms with Crippen LogP contribution in [0.15, 0.2) is 29.2 Å². The second-order valence-electron chi connectivity index (χ2n) is 3.74. The molecule has 1 aromatic rings. The Morgan fingerprint density at radius 1 is 0.955 bits per heavy atom. The second-order valence-corrected chi connectivity index (χ2v) is 7.41. The van der Waals surface area contributed by atoms with E-state index in [2.05, 4.69) is 0 Å². The first-order chi connectivity index (χ1) is 9.74. The zero-order valence-corrected chi connectivity index (χ0v) is 11.7. The second kappa shape index (κ2) is 5.45. The third-order valence-corrected chi connectivity index (χ3v) is 5.74. The summed E-state index contributed by atoms with van der Waals surface area (Å²) in [7, 11) is -11.8. The molecule has 0 radical (unpaired) electrons. The quantitative estimate of drug-likeness (QED) is 0.812. The lowest BCUT2D eigenvalue weighted by Crippen LogP contribution is -2.51. The molecule has 0 unspecified atom stereocenters. The summed E-state index contributed by atoms with van der Waals surface area (Å²) in [6, 6.07) is 4.75. The van der Waals surface area contributed by atoms with Crippen LogP contribution < -0.4 is 4.13 Å². The van der Waals surface area contributed by atoms with Gasteiger partial charge in [0.05, 0.1) is 16.5 Å². The fourth-order valence-corrected chi connectivity index (χ4v) is 3.86. The van der Waals surface area contributed by atoms with Crippen LogP contribution in [0.3, 0.4) is 0 Å². The van der Waals surface area contributed by atoms with Crippen molar-refractivity contribution in [2.24, 2.45) is 0 Å². The molecule has 0 bridgehead atoms. The van der Waals surface area contributed by atoms with E-state index >= 15 is 0 Å². The maximum absolute atomic E-state index is 12.8. The zero-order chi connectivity index (χ0) is 17.4. The van der Waals surface area contributed by atoms with Crippen molar-refractivity contribution in [1.82, 2.24) is 4.13 Å². The van der Waals surface area contributed by atoms with E-state index in [1.165, 1.54) is 0 Å². The van der Waals surface area contributed by atoms with Crippen molar-refractivity contribution in [2.45, 2.75) is 16.3 Å². The van der Waals surface area contributed by atoms with Crippen molar-refractivity contribution in [2.75, 3.05) is 0 Å². The number of halogens is 5. The van der Waals surface area contributed by atoms with Crippen LogP contribution in [0.5, 0.6) is 0 Å². The third kappa shape index (κ3) is 3.34. The minimum Gasteiger partial charge on any atom is -0.206 e. The molecule has 0 aliphatic rings. The number of rotatable bonds is 4. The smallest absolute Gasteiger partial charge is 0.206 e. The molecule has 22 heavy (non-hydrogen) atoms. The number of benzene rings is 1. The van der Waals surface area contributed by atoms with Crippen molar-refractivity contribution >= 4 is 20.0 Å². The van der Waals surface area contributed by atoms with E-state index in [1.54, 1.807) is 6.07 Å². The van der Waals surface area contributed by atoms with E-state index in [0.717, 1.165) is 12.1 Å². The molecule has 13 heteroatoms. The molecule has 0 saturated heterocycles. The monoisotopic (exact) mass is 364 g/mol. The van der Waals surface area contributed by atoms with Crippen molar-refractivity contribution in [3.05, 3.63) is 29.8 Å². The number of nitrogens with one attached hydrogen (secondary N) is 1. The number of sulfonamides is 2. The van der Waals surface area contributed by atoms with Gasteiger partial charge >= 0.3 is 21.5 Å². The van der Waals surface area contributed by atoms with Crippen LogP contribution in [0, 0.1) is 11.3 Å². The Morgan fingerprint density at radius 3 is 1.77 bits per heavy atom. The van der Waals surface area contributed by atoms with E-state index in [-0.39, 0.29) is 5.56 Å². The predicted molar refractivity (Wildman–Crippen MR) is 61.4 cm³/mol. The topological polar surface area (TPSA) is 104 Å². The molecule has 0 spiro atoms. The van der Waals surface area contributed by atoms with Gasteiger partial charge in [0.2, 0.25) is 0 Å². The van der Waals surface area contributed by atoms with Gasteiger partial charge < -0.3 is 0 Å². The summed E-state index contributed by atoms with van der Waals surface area (Å²) in [6.07, 6.45) is -6.50. The average Bonchev–Trinajstić information content (AvgIpc) is 2.36. The normalized spacial score (nSPS) is 13.6. The molecular weight excluding hydrogens is 359 g/mol. The van der Waals surface area contributed by atoms with Crippen LogP contribution in [-0.2, 0) is 20.0 Å². The molecule has 0 aromatic heterocycles. The molecule has 122 valence electrons. The van der Waals surface area contributed by atoms with Gasteiger partial charge in [-0.15, -0.1) is 0 Å². The highest BCUT2D eigenvalue weighted by Gasteiger charge is 2.68. The molecule has 1 rings (SSSR count). The zero-order valence-electron chi connectivity index (χ0n) is 10.1. The van der Waals surface area contributed by atoms with E-state index in [0.29, 0.717) is 16.3 Å². The summed E-state index contributed by atoms with van der Waals surface area (Å²) >= 11 is 0. The van der Waals surface area contributed by atoms with Crippen LogP contribution in [0.25, 0.3) is 0 Å². The Bertz CT molecular complexity index is 807. The Balaban J connectivity index is 3.24. The number of nitrogens with zero attached hydrogens (tertiary/aromatic N) is 1.